The number of hydrogen-bond acceptors (Lipinski definition) is 3. The summed E-state index contributed by atoms with van der Waals surface area (Å²) in [6, 6.07) is 12.9. The average Bonchev–Trinajstić information content (AvgIpc) is 2.76. The molecule has 0 aliphatic heterocycles. The molecule has 0 saturated heterocycles. The van der Waals surface area contributed by atoms with Gasteiger partial charge >= 0.3 is 0 Å². The third-order valence-corrected chi connectivity index (χ3v) is 9.96. The molecule has 0 radical (unpaired) electrons. The number of fused-ring (bicyclic) bond motifs is 3. The van der Waals surface area contributed by atoms with E-state index in [0.717, 1.165) is 40.7 Å². The van der Waals surface area contributed by atoms with Gasteiger partial charge in [0.05, 0.1) is 11.0 Å². The fraction of sp³-hybridized carbons (Fsp3) is 0.455. The molecule has 2 aromatic carbocycles. The monoisotopic (exact) mass is 482 g/mol. The zero-order valence-electron chi connectivity index (χ0n) is 22.9. The van der Waals surface area contributed by atoms with Crippen molar-refractivity contribution in [3.63, 3.8) is 0 Å². The van der Waals surface area contributed by atoms with Gasteiger partial charge in [0, 0.05) is 0 Å². The standard InChI is InChI=1S/C33H38O3/c1-18-9-12-23(13-10-18)24-14-11-19(2)27-25(24)16-31(6)17-32(7)15-20(3)26(22(5)34)30(36)33(32,8)21(4)28(31)29(27)35/h9-14,29,35H,15-17H2,1-8H3. The van der Waals surface area contributed by atoms with Gasteiger partial charge in [-0.05, 0) is 105 Å². The van der Waals surface area contributed by atoms with Gasteiger partial charge in [-0.25, -0.2) is 0 Å². The maximum absolute atomic E-state index is 14.0. The largest absolute Gasteiger partial charge is 0.384 e. The van der Waals surface area contributed by atoms with Crippen molar-refractivity contribution in [3.8, 4) is 11.1 Å². The number of aliphatic hydroxyl groups is 1. The molecule has 188 valence electrons. The molecule has 1 N–H and O–H groups in total. The number of ketones is 2. The zero-order valence-corrected chi connectivity index (χ0v) is 22.9. The Bertz CT molecular complexity index is 1390. The van der Waals surface area contributed by atoms with Crippen LogP contribution in [-0.4, -0.2) is 16.7 Å². The normalized spacial score (nSPS) is 31.7. The lowest BCUT2D eigenvalue weighted by Crippen LogP contribution is -2.57. The SMILES string of the molecule is CC(=O)C1=C(C)CC2(C)CC3(C)Cc4c(-c5ccc(C)cc5)ccc(C)c4C(O)C3=C(C)C2(C)C1=O. The molecule has 3 nitrogen and oxygen atoms in total. The number of carbonyl (C=O) groups excluding carboxylic acids is 2. The summed E-state index contributed by atoms with van der Waals surface area (Å²) in [5.41, 5.74) is 8.61. The van der Waals surface area contributed by atoms with E-state index in [1.165, 1.54) is 29.2 Å². The van der Waals surface area contributed by atoms with Crippen molar-refractivity contribution in [3.05, 3.63) is 80.9 Å². The summed E-state index contributed by atoms with van der Waals surface area (Å²) < 4.78 is 0. The second kappa shape index (κ2) is 7.86. The molecule has 0 saturated carbocycles. The van der Waals surface area contributed by atoms with Gasteiger partial charge in [0.15, 0.2) is 11.6 Å². The molecule has 0 bridgehead atoms. The minimum atomic E-state index is -0.816. The maximum Gasteiger partial charge on any atom is 0.176 e. The number of hydrogen-bond donors (Lipinski definition) is 1. The summed E-state index contributed by atoms with van der Waals surface area (Å²) in [5.74, 6) is -0.226. The van der Waals surface area contributed by atoms with E-state index in [1.807, 2.05) is 20.8 Å². The van der Waals surface area contributed by atoms with Crippen LogP contribution in [0.5, 0.6) is 0 Å². The Hall–Kier alpha value is -2.78. The molecule has 2 aromatic rings. The van der Waals surface area contributed by atoms with E-state index >= 15 is 0 Å². The molecule has 3 aliphatic rings. The fourth-order valence-electron chi connectivity index (χ4n) is 8.15. The number of benzene rings is 2. The lowest BCUT2D eigenvalue weighted by atomic mass is 9.42. The van der Waals surface area contributed by atoms with Crippen molar-refractivity contribution in [2.24, 2.45) is 16.2 Å². The van der Waals surface area contributed by atoms with E-state index in [4.69, 9.17) is 0 Å². The fourth-order valence-corrected chi connectivity index (χ4v) is 8.15. The number of aryl methyl sites for hydroxylation is 2. The number of Topliss-reactive ketones (excluding diaryl/α,β-unsaturated/α-hetero) is 2. The van der Waals surface area contributed by atoms with Gasteiger partial charge in [0.2, 0.25) is 0 Å². The number of rotatable bonds is 2. The van der Waals surface area contributed by atoms with Crippen LogP contribution >= 0.6 is 0 Å². The third-order valence-electron chi connectivity index (χ3n) is 9.96. The van der Waals surface area contributed by atoms with Gasteiger partial charge in [0.1, 0.15) is 6.10 Å². The Morgan fingerprint density at radius 3 is 2.19 bits per heavy atom. The zero-order chi connectivity index (χ0) is 26.4. The van der Waals surface area contributed by atoms with Gasteiger partial charge in [-0.2, -0.15) is 0 Å². The number of aliphatic hydroxyl groups excluding tert-OH is 1. The minimum Gasteiger partial charge on any atom is -0.384 e. The van der Waals surface area contributed by atoms with Crippen LogP contribution in [0.25, 0.3) is 11.1 Å². The first-order valence-corrected chi connectivity index (χ1v) is 13.1. The van der Waals surface area contributed by atoms with Crippen molar-refractivity contribution in [2.75, 3.05) is 0 Å². The Kier molecular flexibility index (Phi) is 5.43. The molecular weight excluding hydrogens is 444 g/mol. The van der Waals surface area contributed by atoms with Gasteiger partial charge < -0.3 is 5.11 Å². The molecule has 0 aromatic heterocycles. The Morgan fingerprint density at radius 2 is 1.58 bits per heavy atom. The van der Waals surface area contributed by atoms with E-state index in [9.17, 15) is 14.7 Å². The second-order valence-corrected chi connectivity index (χ2v) is 12.4. The summed E-state index contributed by atoms with van der Waals surface area (Å²) in [6.45, 7) is 16.2. The number of allylic oxidation sites excluding steroid dienone is 3. The number of carbonyl (C=O) groups is 2. The molecule has 4 unspecified atom stereocenters. The predicted molar refractivity (Wildman–Crippen MR) is 145 cm³/mol. The summed E-state index contributed by atoms with van der Waals surface area (Å²) in [4.78, 5) is 26.5. The van der Waals surface area contributed by atoms with Gasteiger partial charge in [0.25, 0.3) is 0 Å². The molecule has 36 heavy (non-hydrogen) atoms. The van der Waals surface area contributed by atoms with Gasteiger partial charge in [-0.15, -0.1) is 0 Å². The lowest BCUT2D eigenvalue weighted by molar-refractivity contribution is -0.135. The second-order valence-electron chi connectivity index (χ2n) is 12.4. The minimum absolute atomic E-state index is 0.0728. The first-order valence-electron chi connectivity index (χ1n) is 13.1. The highest BCUT2D eigenvalue weighted by molar-refractivity contribution is 6.23. The highest BCUT2D eigenvalue weighted by Gasteiger charge is 2.63. The third kappa shape index (κ3) is 3.14. The van der Waals surface area contributed by atoms with Crippen LogP contribution in [0.3, 0.4) is 0 Å². The van der Waals surface area contributed by atoms with E-state index in [-0.39, 0.29) is 22.4 Å². The average molecular weight is 483 g/mol. The van der Waals surface area contributed by atoms with Crippen molar-refractivity contribution in [2.45, 2.75) is 80.8 Å². The highest BCUT2D eigenvalue weighted by atomic mass is 16.3. The highest BCUT2D eigenvalue weighted by Crippen LogP contribution is 2.68. The van der Waals surface area contributed by atoms with Crippen molar-refractivity contribution < 1.29 is 14.7 Å². The molecule has 3 heteroatoms. The van der Waals surface area contributed by atoms with Crippen molar-refractivity contribution >= 4 is 11.6 Å². The van der Waals surface area contributed by atoms with E-state index < -0.39 is 11.5 Å². The van der Waals surface area contributed by atoms with Crippen LogP contribution in [0.4, 0.5) is 0 Å². The van der Waals surface area contributed by atoms with E-state index in [2.05, 4.69) is 64.1 Å². The molecule has 0 fully saturated rings. The molecule has 3 aliphatic carbocycles. The summed E-state index contributed by atoms with van der Waals surface area (Å²) >= 11 is 0. The van der Waals surface area contributed by atoms with E-state index in [1.54, 1.807) is 0 Å². The topological polar surface area (TPSA) is 54.4 Å². The van der Waals surface area contributed by atoms with Crippen LogP contribution in [-0.2, 0) is 16.0 Å². The van der Waals surface area contributed by atoms with Crippen LogP contribution in [0.2, 0.25) is 0 Å². The van der Waals surface area contributed by atoms with Crippen molar-refractivity contribution in [1.29, 1.82) is 0 Å². The summed E-state index contributed by atoms with van der Waals surface area (Å²) in [6.07, 6.45) is 1.55. The van der Waals surface area contributed by atoms with Crippen LogP contribution in [0, 0.1) is 30.1 Å². The molecule has 0 spiro atoms. The quantitative estimate of drug-likeness (QED) is 0.364. The van der Waals surface area contributed by atoms with Crippen LogP contribution in [0.15, 0.2) is 58.7 Å². The summed E-state index contributed by atoms with van der Waals surface area (Å²) in [7, 11) is 0. The molecule has 4 atom stereocenters. The molecule has 0 amide bonds. The first-order chi connectivity index (χ1) is 16.7. The van der Waals surface area contributed by atoms with Crippen molar-refractivity contribution in [1.82, 2.24) is 0 Å². The van der Waals surface area contributed by atoms with E-state index in [0.29, 0.717) is 12.0 Å². The predicted octanol–water partition coefficient (Wildman–Crippen LogP) is 7.18. The van der Waals surface area contributed by atoms with Gasteiger partial charge in [-0.3, -0.25) is 9.59 Å². The lowest BCUT2D eigenvalue weighted by Gasteiger charge is -2.60. The first kappa shape index (κ1) is 24.9. The van der Waals surface area contributed by atoms with Crippen LogP contribution in [0.1, 0.15) is 82.7 Å². The molecule has 0 heterocycles. The Morgan fingerprint density at radius 1 is 0.944 bits per heavy atom. The Balaban J connectivity index is 1.76. The Labute approximate surface area is 215 Å². The molecule has 5 rings (SSSR count). The smallest absolute Gasteiger partial charge is 0.176 e. The van der Waals surface area contributed by atoms with Gasteiger partial charge in [-0.1, -0.05) is 67.0 Å². The van der Waals surface area contributed by atoms with Crippen LogP contribution < -0.4 is 0 Å². The molecular formula is C33H38O3. The maximum atomic E-state index is 14.0. The summed E-state index contributed by atoms with van der Waals surface area (Å²) in [5, 5.41) is 12.0.